The minimum atomic E-state index is -4.53. The second-order valence-electron chi connectivity index (χ2n) is 7.24. The Balaban J connectivity index is 1.77. The minimum absolute atomic E-state index is 0.0270. The monoisotopic (exact) mass is 339 g/mol. The molecule has 4 nitrogen and oxygen atoms in total. The van der Waals surface area contributed by atoms with E-state index in [4.69, 9.17) is 4.74 Å². The second-order valence-corrected chi connectivity index (χ2v) is 7.24. The number of hydrogen-bond acceptors (Lipinski definition) is 3. The first kappa shape index (κ1) is 15.6. The Morgan fingerprint density at radius 3 is 2.12 bits per heavy atom. The molecule has 4 rings (SSSR count). The molecule has 3 aliphatic heterocycles. The standard InChI is InChI=1S/C17H16F3NO3/c1-15-6-7-16(2,24-15)12-11(15)13(22)21(14(12)23)10-5-3-4-9(8-10)17(18,19)20/h3-5,8,11-12H,6-7H2,1-2H3/t11-,12?,15?,16?/m0/s1. The number of hydrogen-bond donors (Lipinski definition) is 0. The van der Waals surface area contributed by atoms with Crippen molar-refractivity contribution in [1.82, 2.24) is 0 Å². The number of benzene rings is 1. The third-order valence-corrected chi connectivity index (χ3v) is 5.64. The number of rotatable bonds is 1. The van der Waals surface area contributed by atoms with Gasteiger partial charge in [0.2, 0.25) is 11.8 Å². The summed E-state index contributed by atoms with van der Waals surface area (Å²) in [5.74, 6) is -2.18. The Labute approximate surface area is 136 Å². The maximum absolute atomic E-state index is 12.9. The summed E-state index contributed by atoms with van der Waals surface area (Å²) in [7, 11) is 0. The van der Waals surface area contributed by atoms with Crippen LogP contribution in [0, 0.1) is 11.8 Å². The first-order chi connectivity index (χ1) is 11.1. The number of halogens is 3. The van der Waals surface area contributed by atoms with Crippen molar-refractivity contribution in [3.63, 3.8) is 0 Å². The highest BCUT2D eigenvalue weighted by atomic mass is 19.4. The van der Waals surface area contributed by atoms with Gasteiger partial charge in [0.15, 0.2) is 0 Å². The number of alkyl halides is 3. The number of anilines is 1. The highest BCUT2D eigenvalue weighted by Gasteiger charge is 2.72. The first-order valence-electron chi connectivity index (χ1n) is 7.82. The second kappa shape index (κ2) is 4.39. The summed E-state index contributed by atoms with van der Waals surface area (Å²) in [5.41, 5.74) is -2.35. The van der Waals surface area contributed by atoms with Crippen LogP contribution < -0.4 is 4.90 Å². The molecule has 3 unspecified atom stereocenters. The third kappa shape index (κ3) is 1.84. The van der Waals surface area contributed by atoms with Crippen molar-refractivity contribution in [3.8, 4) is 0 Å². The molecule has 0 spiro atoms. The van der Waals surface area contributed by atoms with Gasteiger partial charge in [-0.15, -0.1) is 0 Å². The van der Waals surface area contributed by atoms with Gasteiger partial charge in [0.25, 0.3) is 0 Å². The van der Waals surface area contributed by atoms with Crippen LogP contribution in [0.25, 0.3) is 0 Å². The van der Waals surface area contributed by atoms with E-state index < -0.39 is 46.6 Å². The number of nitrogens with zero attached hydrogens (tertiary/aromatic N) is 1. The lowest BCUT2D eigenvalue weighted by molar-refractivity contribution is -0.138. The molecule has 3 heterocycles. The summed E-state index contributed by atoms with van der Waals surface area (Å²) in [6.45, 7) is 3.62. The highest BCUT2D eigenvalue weighted by Crippen LogP contribution is 2.60. The maximum atomic E-state index is 12.9. The molecule has 1 aromatic rings. The van der Waals surface area contributed by atoms with Crippen LogP contribution in [-0.4, -0.2) is 23.0 Å². The molecular formula is C17H16F3NO3. The molecule has 4 atom stereocenters. The van der Waals surface area contributed by atoms with Gasteiger partial charge in [-0.2, -0.15) is 13.2 Å². The number of amides is 2. The van der Waals surface area contributed by atoms with E-state index in [1.165, 1.54) is 12.1 Å². The van der Waals surface area contributed by atoms with Crippen LogP contribution in [0.15, 0.2) is 24.3 Å². The third-order valence-electron chi connectivity index (χ3n) is 5.64. The highest BCUT2D eigenvalue weighted by molar-refractivity contribution is 6.23. The van der Waals surface area contributed by atoms with E-state index in [1.54, 1.807) is 0 Å². The molecule has 0 saturated carbocycles. The fourth-order valence-electron chi connectivity index (χ4n) is 4.54. The number of imide groups is 1. The van der Waals surface area contributed by atoms with E-state index in [9.17, 15) is 22.8 Å². The fourth-order valence-corrected chi connectivity index (χ4v) is 4.54. The Morgan fingerprint density at radius 2 is 1.62 bits per heavy atom. The van der Waals surface area contributed by atoms with Crippen LogP contribution in [0.4, 0.5) is 18.9 Å². The van der Waals surface area contributed by atoms with Gasteiger partial charge in [0, 0.05) is 0 Å². The van der Waals surface area contributed by atoms with E-state index in [0.717, 1.165) is 17.0 Å². The molecule has 7 heteroatoms. The molecule has 128 valence electrons. The van der Waals surface area contributed by atoms with Gasteiger partial charge in [-0.25, -0.2) is 4.90 Å². The van der Waals surface area contributed by atoms with Crippen molar-refractivity contribution >= 4 is 17.5 Å². The van der Waals surface area contributed by atoms with Gasteiger partial charge in [-0.3, -0.25) is 9.59 Å². The predicted octanol–water partition coefficient (Wildman–Crippen LogP) is 3.15. The number of carbonyl (C=O) groups excluding carboxylic acids is 2. The van der Waals surface area contributed by atoms with Gasteiger partial charge >= 0.3 is 6.18 Å². The molecular weight excluding hydrogens is 323 g/mol. The zero-order chi connectivity index (χ0) is 17.5. The Morgan fingerprint density at radius 1 is 1.08 bits per heavy atom. The summed E-state index contributed by atoms with van der Waals surface area (Å²) >= 11 is 0. The van der Waals surface area contributed by atoms with Gasteiger partial charge in [-0.1, -0.05) is 6.07 Å². The number of fused-ring (bicyclic) bond motifs is 5. The van der Waals surface area contributed by atoms with Gasteiger partial charge < -0.3 is 4.74 Å². The van der Waals surface area contributed by atoms with Crippen LogP contribution in [0.3, 0.4) is 0 Å². The molecule has 0 aromatic heterocycles. The molecule has 3 saturated heterocycles. The van der Waals surface area contributed by atoms with Crippen molar-refractivity contribution in [2.24, 2.45) is 11.8 Å². The van der Waals surface area contributed by atoms with Crippen molar-refractivity contribution < 1.29 is 27.5 Å². The zero-order valence-electron chi connectivity index (χ0n) is 13.2. The number of carbonyl (C=O) groups is 2. The predicted molar refractivity (Wildman–Crippen MR) is 78.0 cm³/mol. The fraction of sp³-hybridized carbons (Fsp3) is 0.529. The van der Waals surface area contributed by atoms with Gasteiger partial charge in [-0.05, 0) is 44.9 Å². The average molecular weight is 339 g/mol. The molecule has 2 bridgehead atoms. The molecule has 0 N–H and O–H groups in total. The Hall–Kier alpha value is -1.89. The van der Waals surface area contributed by atoms with E-state index >= 15 is 0 Å². The van der Waals surface area contributed by atoms with Crippen LogP contribution >= 0.6 is 0 Å². The van der Waals surface area contributed by atoms with Crippen LogP contribution in [0.2, 0.25) is 0 Å². The Bertz CT molecular complexity index is 728. The molecule has 2 amide bonds. The lowest BCUT2D eigenvalue weighted by Crippen LogP contribution is -2.40. The van der Waals surface area contributed by atoms with Crippen LogP contribution in [-0.2, 0) is 20.5 Å². The number of ether oxygens (including phenoxy) is 1. The van der Waals surface area contributed by atoms with E-state index in [1.807, 2.05) is 13.8 Å². The topological polar surface area (TPSA) is 46.6 Å². The first-order valence-corrected chi connectivity index (χ1v) is 7.82. The van der Waals surface area contributed by atoms with Gasteiger partial charge in [0.05, 0.1) is 34.3 Å². The van der Waals surface area contributed by atoms with Crippen molar-refractivity contribution in [2.45, 2.75) is 44.1 Å². The molecule has 24 heavy (non-hydrogen) atoms. The lowest BCUT2D eigenvalue weighted by Gasteiger charge is -2.27. The largest absolute Gasteiger partial charge is 0.416 e. The molecule has 1 aromatic carbocycles. The van der Waals surface area contributed by atoms with E-state index in [2.05, 4.69) is 0 Å². The van der Waals surface area contributed by atoms with Crippen LogP contribution in [0.1, 0.15) is 32.3 Å². The molecule has 3 fully saturated rings. The smallest absolute Gasteiger partial charge is 0.367 e. The van der Waals surface area contributed by atoms with Crippen molar-refractivity contribution in [3.05, 3.63) is 29.8 Å². The summed E-state index contributed by atoms with van der Waals surface area (Å²) in [6.07, 6.45) is -3.20. The quantitative estimate of drug-likeness (QED) is 0.739. The summed E-state index contributed by atoms with van der Waals surface area (Å²) in [6, 6.07) is 4.34. The zero-order valence-corrected chi connectivity index (χ0v) is 13.2. The normalized spacial score (nSPS) is 38.1. The molecule has 0 radical (unpaired) electrons. The van der Waals surface area contributed by atoms with E-state index in [-0.39, 0.29) is 5.69 Å². The average Bonchev–Trinajstić information content (AvgIpc) is 3.03. The molecule has 3 aliphatic rings. The van der Waals surface area contributed by atoms with Crippen LogP contribution in [0.5, 0.6) is 0 Å². The summed E-state index contributed by atoms with van der Waals surface area (Å²) in [5, 5.41) is 0. The minimum Gasteiger partial charge on any atom is -0.367 e. The molecule has 0 aliphatic carbocycles. The van der Waals surface area contributed by atoms with Gasteiger partial charge in [0.1, 0.15) is 0 Å². The van der Waals surface area contributed by atoms with Crippen molar-refractivity contribution in [1.29, 1.82) is 0 Å². The summed E-state index contributed by atoms with van der Waals surface area (Å²) in [4.78, 5) is 26.6. The summed E-state index contributed by atoms with van der Waals surface area (Å²) < 4.78 is 44.8. The maximum Gasteiger partial charge on any atom is 0.416 e. The lowest BCUT2D eigenvalue weighted by atomic mass is 9.69. The SMILES string of the molecule is CC12CCC(C)(O1)[C@@H]1C(=O)N(c3cccc(C(F)(F)F)c3)C(=O)C12. The van der Waals surface area contributed by atoms with Crippen molar-refractivity contribution in [2.75, 3.05) is 4.90 Å². The van der Waals surface area contributed by atoms with E-state index in [0.29, 0.717) is 12.8 Å². The Kier molecular flexibility index (Phi) is 2.86.